The van der Waals surface area contributed by atoms with Crippen LogP contribution in [0, 0.1) is 17.5 Å². The van der Waals surface area contributed by atoms with Crippen LogP contribution < -0.4 is 10.1 Å². The highest BCUT2D eigenvalue weighted by Gasteiger charge is 2.41. The van der Waals surface area contributed by atoms with Crippen molar-refractivity contribution in [2.45, 2.75) is 64.5 Å². The highest BCUT2D eigenvalue weighted by Crippen LogP contribution is 2.38. The van der Waals surface area contributed by atoms with E-state index in [0.717, 1.165) is 4.57 Å². The molecule has 3 aromatic rings. The molecular weight excluding hydrogens is 584 g/mol. The average molecular weight is 614 g/mol. The Labute approximate surface area is 242 Å². The van der Waals surface area contributed by atoms with Gasteiger partial charge in [-0.25, -0.2) is 27.9 Å². The van der Waals surface area contributed by atoms with Crippen LogP contribution in [0.4, 0.5) is 31.1 Å². The number of hydrogen-bond donors (Lipinski definition) is 1. The number of alkyl halides is 3. The summed E-state index contributed by atoms with van der Waals surface area (Å²) in [7, 11) is 1.31. The number of halogens is 6. The molecule has 1 aliphatic rings. The van der Waals surface area contributed by atoms with Crippen molar-refractivity contribution in [1.82, 2.24) is 24.8 Å². The van der Waals surface area contributed by atoms with Crippen molar-refractivity contribution in [1.29, 1.82) is 0 Å². The number of nitrogens with one attached hydrogen (secondary N) is 1. The highest BCUT2D eigenvalue weighted by molar-refractivity contribution is 5.79. The van der Waals surface area contributed by atoms with Gasteiger partial charge in [0.1, 0.15) is 11.4 Å². The van der Waals surface area contributed by atoms with Gasteiger partial charge in [-0.15, -0.1) is 0 Å². The number of rotatable bonds is 7. The smallest absolute Gasteiger partial charge is 0.449 e. The number of fused-ring (bicyclic) bond motifs is 1. The normalized spacial score (nSPS) is 14.2. The van der Waals surface area contributed by atoms with Gasteiger partial charge in [0.15, 0.2) is 11.6 Å². The fourth-order valence-electron chi connectivity index (χ4n) is 4.72. The maximum Gasteiger partial charge on any atom is 0.449 e. The lowest BCUT2D eigenvalue weighted by Gasteiger charge is -2.31. The first kappa shape index (κ1) is 31.6. The Bertz CT molecular complexity index is 1520. The summed E-state index contributed by atoms with van der Waals surface area (Å²) >= 11 is 0. The number of alkyl carbamates (subject to hydrolysis) is 1. The SMILES string of the molecule is COc1ncccc1-c1nc(C(F)(F)F)n2c1CN(C(=O)CC(Cc1cc(F)c(F)cc1F)NC(=O)OC(C)(C)C)CC2. The van der Waals surface area contributed by atoms with Gasteiger partial charge in [-0.3, -0.25) is 4.79 Å². The standard InChI is InChI=1S/C28H29F6N5O4/c1-27(2,3)43-26(41)36-16(10-15-11-19(30)20(31)13-18(15)29)12-22(40)38-8-9-39-21(14-38)23(37-25(39)28(32,33)34)17-6-5-7-35-24(17)42-4/h5-7,11,13,16H,8-10,12,14H2,1-4H3,(H,36,41). The van der Waals surface area contributed by atoms with E-state index in [9.17, 15) is 35.9 Å². The molecule has 43 heavy (non-hydrogen) atoms. The van der Waals surface area contributed by atoms with E-state index < -0.39 is 65.9 Å². The van der Waals surface area contributed by atoms with Gasteiger partial charge in [0.25, 0.3) is 0 Å². The summed E-state index contributed by atoms with van der Waals surface area (Å²) in [6.07, 6.45) is -5.18. The van der Waals surface area contributed by atoms with Crippen molar-refractivity contribution in [3.05, 3.63) is 65.0 Å². The minimum Gasteiger partial charge on any atom is -0.481 e. The molecule has 1 N–H and O–H groups in total. The van der Waals surface area contributed by atoms with Crippen LogP contribution in [-0.2, 0) is 35.2 Å². The van der Waals surface area contributed by atoms with E-state index in [1.165, 1.54) is 30.3 Å². The fraction of sp³-hybridized carbons (Fsp3) is 0.429. The van der Waals surface area contributed by atoms with E-state index in [2.05, 4.69) is 15.3 Å². The molecule has 2 amide bonds. The molecule has 1 aromatic carbocycles. The van der Waals surface area contributed by atoms with Gasteiger partial charge in [-0.05, 0) is 51.0 Å². The Morgan fingerprint density at radius 3 is 2.42 bits per heavy atom. The first-order valence-corrected chi connectivity index (χ1v) is 13.1. The lowest BCUT2D eigenvalue weighted by molar-refractivity contribution is -0.148. The molecule has 9 nitrogen and oxygen atoms in total. The third-order valence-electron chi connectivity index (χ3n) is 6.53. The van der Waals surface area contributed by atoms with Crippen LogP contribution in [-0.4, -0.2) is 56.7 Å². The van der Waals surface area contributed by atoms with Gasteiger partial charge >= 0.3 is 12.3 Å². The van der Waals surface area contributed by atoms with Gasteiger partial charge in [0.05, 0.1) is 30.6 Å². The maximum absolute atomic E-state index is 14.5. The summed E-state index contributed by atoms with van der Waals surface area (Å²) in [6.45, 7) is 4.14. The van der Waals surface area contributed by atoms with Crippen LogP contribution in [0.2, 0.25) is 0 Å². The van der Waals surface area contributed by atoms with Crippen molar-refractivity contribution < 1.29 is 45.4 Å². The van der Waals surface area contributed by atoms with E-state index in [1.807, 2.05) is 0 Å². The Morgan fingerprint density at radius 2 is 1.77 bits per heavy atom. The summed E-state index contributed by atoms with van der Waals surface area (Å²) in [5, 5.41) is 2.47. The molecule has 1 aliphatic heterocycles. The molecule has 0 fully saturated rings. The van der Waals surface area contributed by atoms with Gasteiger partial charge < -0.3 is 24.3 Å². The predicted molar refractivity (Wildman–Crippen MR) is 140 cm³/mol. The number of aromatic nitrogens is 3. The molecule has 0 radical (unpaired) electrons. The van der Waals surface area contributed by atoms with Gasteiger partial charge in [-0.2, -0.15) is 13.2 Å². The summed E-state index contributed by atoms with van der Waals surface area (Å²) < 4.78 is 95.0. The Morgan fingerprint density at radius 1 is 1.07 bits per heavy atom. The van der Waals surface area contributed by atoms with Crippen LogP contribution in [0.5, 0.6) is 5.88 Å². The maximum atomic E-state index is 14.5. The molecule has 0 saturated heterocycles. The molecule has 15 heteroatoms. The number of carbonyl (C=O) groups excluding carboxylic acids is 2. The van der Waals surface area contributed by atoms with E-state index in [0.29, 0.717) is 12.1 Å². The van der Waals surface area contributed by atoms with E-state index >= 15 is 0 Å². The number of carbonyl (C=O) groups is 2. The molecule has 0 aliphatic carbocycles. The van der Waals surface area contributed by atoms with E-state index in [-0.39, 0.29) is 48.0 Å². The first-order valence-electron chi connectivity index (χ1n) is 13.1. The Balaban J connectivity index is 1.63. The second-order valence-corrected chi connectivity index (χ2v) is 10.9. The molecule has 0 saturated carbocycles. The van der Waals surface area contributed by atoms with Crippen molar-refractivity contribution >= 4 is 12.0 Å². The van der Waals surface area contributed by atoms with E-state index in [4.69, 9.17) is 9.47 Å². The first-order chi connectivity index (χ1) is 20.1. The number of methoxy groups -OCH3 is 1. The zero-order chi connectivity index (χ0) is 31.7. The molecule has 0 bridgehead atoms. The number of pyridine rings is 1. The second kappa shape index (κ2) is 12.1. The second-order valence-electron chi connectivity index (χ2n) is 10.9. The zero-order valence-electron chi connectivity index (χ0n) is 23.7. The van der Waals surface area contributed by atoms with Crippen molar-refractivity contribution in [3.8, 4) is 17.1 Å². The van der Waals surface area contributed by atoms with Crippen LogP contribution in [0.25, 0.3) is 11.3 Å². The zero-order valence-corrected chi connectivity index (χ0v) is 23.7. The number of amides is 2. The summed E-state index contributed by atoms with van der Waals surface area (Å²) in [5.74, 6) is -5.52. The molecule has 232 valence electrons. The van der Waals surface area contributed by atoms with Crippen LogP contribution in [0.1, 0.15) is 44.3 Å². The molecular formula is C28H29F6N5O4. The van der Waals surface area contributed by atoms with Crippen LogP contribution >= 0.6 is 0 Å². The van der Waals surface area contributed by atoms with Gasteiger partial charge in [0.2, 0.25) is 17.6 Å². The van der Waals surface area contributed by atoms with Gasteiger partial charge in [-0.1, -0.05) is 0 Å². The Hall–Kier alpha value is -4.30. The van der Waals surface area contributed by atoms with Crippen molar-refractivity contribution in [2.75, 3.05) is 13.7 Å². The predicted octanol–water partition coefficient (Wildman–Crippen LogP) is 5.26. The third-order valence-corrected chi connectivity index (χ3v) is 6.53. The largest absolute Gasteiger partial charge is 0.481 e. The quantitative estimate of drug-likeness (QED) is 0.289. The molecule has 3 heterocycles. The van der Waals surface area contributed by atoms with Crippen LogP contribution in [0.3, 0.4) is 0 Å². The van der Waals surface area contributed by atoms with Crippen molar-refractivity contribution in [3.63, 3.8) is 0 Å². The monoisotopic (exact) mass is 613 g/mol. The molecule has 0 spiro atoms. The minimum atomic E-state index is -4.79. The summed E-state index contributed by atoms with van der Waals surface area (Å²) in [5.41, 5.74) is -1.01. The molecule has 4 rings (SSSR count). The highest BCUT2D eigenvalue weighted by atomic mass is 19.4. The third kappa shape index (κ3) is 7.38. The lowest BCUT2D eigenvalue weighted by Crippen LogP contribution is -2.45. The van der Waals surface area contributed by atoms with Crippen LogP contribution in [0.15, 0.2) is 30.5 Å². The lowest BCUT2D eigenvalue weighted by atomic mass is 10.0. The van der Waals surface area contributed by atoms with Crippen molar-refractivity contribution in [2.24, 2.45) is 0 Å². The summed E-state index contributed by atoms with van der Waals surface area (Å²) in [6, 6.07) is 2.84. The molecule has 1 unspecified atom stereocenters. The number of hydrogen-bond acceptors (Lipinski definition) is 6. The van der Waals surface area contributed by atoms with Gasteiger partial charge in [0, 0.05) is 37.8 Å². The number of ether oxygens (including phenoxy) is 2. The number of benzene rings is 1. The fourth-order valence-corrected chi connectivity index (χ4v) is 4.72. The number of imidazole rings is 1. The average Bonchev–Trinajstić information content (AvgIpc) is 3.30. The number of nitrogens with zero attached hydrogens (tertiary/aromatic N) is 4. The minimum absolute atomic E-state index is 0.0377. The topological polar surface area (TPSA) is 98.6 Å². The van der Waals surface area contributed by atoms with E-state index in [1.54, 1.807) is 20.8 Å². The molecule has 1 atom stereocenters. The molecule has 2 aromatic heterocycles. The summed E-state index contributed by atoms with van der Waals surface area (Å²) in [4.78, 5) is 35.2. The Kier molecular flexibility index (Phi) is 8.92.